The highest BCUT2D eigenvalue weighted by molar-refractivity contribution is 8.01. The Morgan fingerprint density at radius 3 is 2.58 bits per heavy atom. The molecule has 2 aliphatic carbocycles. The van der Waals surface area contributed by atoms with Crippen LogP contribution in [0.4, 0.5) is 0 Å². The maximum absolute atomic E-state index is 12.1. The van der Waals surface area contributed by atoms with E-state index in [2.05, 4.69) is 52.1 Å². The highest BCUT2D eigenvalue weighted by Crippen LogP contribution is 2.72. The van der Waals surface area contributed by atoms with E-state index in [0.29, 0.717) is 6.04 Å². The third-order valence-corrected chi connectivity index (χ3v) is 10.7. The van der Waals surface area contributed by atoms with E-state index in [1.54, 1.807) is 18.9 Å². The van der Waals surface area contributed by atoms with Gasteiger partial charge in [0.1, 0.15) is 16.6 Å². The Morgan fingerprint density at radius 1 is 1.24 bits per heavy atom. The number of hydrogen-bond donors (Lipinski definition) is 2. The van der Waals surface area contributed by atoms with E-state index in [1.165, 1.54) is 11.1 Å². The van der Waals surface area contributed by atoms with Gasteiger partial charge in [0.25, 0.3) is 0 Å². The number of thioether (sulfide) groups is 1. The van der Waals surface area contributed by atoms with Crippen LogP contribution in [0.3, 0.4) is 0 Å². The van der Waals surface area contributed by atoms with Crippen LogP contribution >= 0.6 is 11.8 Å². The first kappa shape index (κ1) is 23.8. The van der Waals surface area contributed by atoms with Crippen molar-refractivity contribution in [3.8, 4) is 11.5 Å². The van der Waals surface area contributed by atoms with Crippen LogP contribution in [0, 0.1) is 11.3 Å². The van der Waals surface area contributed by atoms with Crippen molar-refractivity contribution in [3.63, 3.8) is 0 Å². The molecule has 0 aromatic heterocycles. The van der Waals surface area contributed by atoms with Crippen LogP contribution in [0.15, 0.2) is 12.1 Å². The molecule has 2 fully saturated rings. The molecule has 2 N–H and O–H groups in total. The molecule has 6 heteroatoms. The van der Waals surface area contributed by atoms with Crippen molar-refractivity contribution in [2.75, 3.05) is 20.8 Å². The second-order valence-corrected chi connectivity index (χ2v) is 14.3. The molecular formula is C27H41NO4S. The van der Waals surface area contributed by atoms with E-state index < -0.39 is 10.5 Å². The molecule has 2 heterocycles. The number of piperidine rings is 1. The Morgan fingerprint density at radius 2 is 1.97 bits per heavy atom. The van der Waals surface area contributed by atoms with E-state index in [0.717, 1.165) is 43.7 Å². The third kappa shape index (κ3) is 2.90. The van der Waals surface area contributed by atoms with Crippen molar-refractivity contribution in [2.45, 2.75) is 100 Å². The lowest BCUT2D eigenvalue weighted by molar-refractivity contribution is -0.240. The fraction of sp³-hybridized carbons (Fsp3) is 0.778. The molecule has 5 rings (SSSR count). The summed E-state index contributed by atoms with van der Waals surface area (Å²) in [6, 6.07) is 4.64. The molecule has 2 bridgehead atoms. The Bertz CT molecular complexity index is 952. The molecule has 7 atom stereocenters. The molecule has 1 spiro atoms. The largest absolute Gasteiger partial charge is 0.493 e. The first-order chi connectivity index (χ1) is 15.4. The second-order valence-electron chi connectivity index (χ2n) is 12.0. The summed E-state index contributed by atoms with van der Waals surface area (Å²) < 4.78 is 19.3. The van der Waals surface area contributed by atoms with Crippen molar-refractivity contribution in [3.05, 3.63) is 23.3 Å². The first-order valence-electron chi connectivity index (χ1n) is 12.5. The Kier molecular flexibility index (Phi) is 5.25. The molecule has 7 unspecified atom stereocenters. The standard InChI is InChI=1S/C27H41NO4S/c1-9-27(31-8)18(25(6,29)33-23(2,3)4)15-24(5)19-14-16-10-11-17(30-7)21-20(16)26(24,12-13-28-19)22(27)32-21/h10-11,18-19,22,28-29H,9,12-15H2,1-8H3. The number of aliphatic hydroxyl groups is 1. The smallest absolute Gasteiger partial charge is 0.165 e. The topological polar surface area (TPSA) is 60.0 Å². The lowest BCUT2D eigenvalue weighted by Crippen LogP contribution is -2.78. The maximum atomic E-state index is 12.1. The van der Waals surface area contributed by atoms with Crippen molar-refractivity contribution in [2.24, 2.45) is 11.3 Å². The van der Waals surface area contributed by atoms with Crippen molar-refractivity contribution in [1.29, 1.82) is 0 Å². The lowest BCUT2D eigenvalue weighted by atomic mass is 9.40. The molecule has 1 saturated carbocycles. The Hall–Kier alpha value is -0.950. The molecular weight excluding hydrogens is 434 g/mol. The SMILES string of the molecule is CCC1(OC)C(C(C)(O)SC(C)(C)C)CC2(C)C3Cc4ccc(OC)c5c4C2(CCN3)C1O5. The average Bonchev–Trinajstić information content (AvgIpc) is 3.07. The van der Waals surface area contributed by atoms with E-state index in [-0.39, 0.29) is 27.6 Å². The highest BCUT2D eigenvalue weighted by Gasteiger charge is 2.77. The molecule has 4 aliphatic rings. The van der Waals surface area contributed by atoms with Crippen LogP contribution < -0.4 is 14.8 Å². The van der Waals surface area contributed by atoms with Crippen molar-refractivity contribution >= 4 is 11.8 Å². The summed E-state index contributed by atoms with van der Waals surface area (Å²) in [7, 11) is 3.55. The summed E-state index contributed by atoms with van der Waals surface area (Å²) in [4.78, 5) is -0.967. The maximum Gasteiger partial charge on any atom is 0.165 e. The van der Waals surface area contributed by atoms with E-state index in [4.69, 9.17) is 14.2 Å². The minimum atomic E-state index is -0.967. The van der Waals surface area contributed by atoms with Gasteiger partial charge in [-0.2, -0.15) is 0 Å². The zero-order valence-corrected chi connectivity index (χ0v) is 22.3. The monoisotopic (exact) mass is 475 g/mol. The van der Waals surface area contributed by atoms with Crippen molar-refractivity contribution in [1.82, 2.24) is 5.32 Å². The van der Waals surface area contributed by atoms with Gasteiger partial charge in [0, 0.05) is 34.8 Å². The van der Waals surface area contributed by atoms with Gasteiger partial charge in [0.05, 0.1) is 7.11 Å². The number of ether oxygens (including phenoxy) is 3. The summed E-state index contributed by atoms with van der Waals surface area (Å²) in [5.41, 5.74) is 1.89. The molecule has 33 heavy (non-hydrogen) atoms. The minimum absolute atomic E-state index is 0.0647. The summed E-state index contributed by atoms with van der Waals surface area (Å²) in [6.07, 6.45) is 3.48. The van der Waals surface area contributed by atoms with Gasteiger partial charge in [-0.3, -0.25) is 0 Å². The molecule has 1 aromatic carbocycles. The van der Waals surface area contributed by atoms with Crippen LogP contribution in [-0.2, 0) is 16.6 Å². The fourth-order valence-electron chi connectivity index (χ4n) is 8.29. The molecule has 1 aromatic rings. The third-order valence-electron chi connectivity index (χ3n) is 9.43. The quantitative estimate of drug-likeness (QED) is 0.604. The number of nitrogens with one attached hydrogen (secondary N) is 1. The lowest BCUT2D eigenvalue weighted by Gasteiger charge is -2.68. The Balaban J connectivity index is 1.77. The van der Waals surface area contributed by atoms with Gasteiger partial charge in [-0.05, 0) is 56.2 Å². The van der Waals surface area contributed by atoms with E-state index in [9.17, 15) is 5.11 Å². The van der Waals surface area contributed by atoms with Gasteiger partial charge in [-0.1, -0.05) is 40.7 Å². The van der Waals surface area contributed by atoms with Gasteiger partial charge in [0.15, 0.2) is 11.5 Å². The van der Waals surface area contributed by atoms with Gasteiger partial charge < -0.3 is 24.6 Å². The van der Waals surface area contributed by atoms with Crippen LogP contribution in [-0.4, -0.2) is 53.3 Å². The summed E-state index contributed by atoms with van der Waals surface area (Å²) in [5, 5.41) is 16.0. The molecule has 2 aliphatic heterocycles. The summed E-state index contributed by atoms with van der Waals surface area (Å²) in [5.74, 6) is 1.63. The second kappa shape index (κ2) is 7.28. The zero-order valence-electron chi connectivity index (χ0n) is 21.5. The highest BCUT2D eigenvalue weighted by atomic mass is 32.2. The number of rotatable bonds is 5. The van der Waals surface area contributed by atoms with E-state index in [1.807, 2.05) is 14.0 Å². The van der Waals surface area contributed by atoms with Gasteiger partial charge in [-0.15, -0.1) is 11.8 Å². The van der Waals surface area contributed by atoms with Crippen LogP contribution in [0.5, 0.6) is 11.5 Å². The molecule has 0 radical (unpaired) electrons. The molecule has 5 nitrogen and oxygen atoms in total. The summed E-state index contributed by atoms with van der Waals surface area (Å²) >= 11 is 1.65. The van der Waals surface area contributed by atoms with E-state index >= 15 is 0 Å². The predicted molar refractivity (Wildman–Crippen MR) is 133 cm³/mol. The average molecular weight is 476 g/mol. The summed E-state index contributed by atoms with van der Waals surface area (Å²) in [6.45, 7) is 14.1. The number of benzene rings is 1. The van der Waals surface area contributed by atoms with Gasteiger partial charge in [0.2, 0.25) is 0 Å². The van der Waals surface area contributed by atoms with Gasteiger partial charge in [-0.25, -0.2) is 0 Å². The Labute approximate surface area is 203 Å². The normalized spacial score (nSPS) is 40.6. The molecule has 0 amide bonds. The minimum Gasteiger partial charge on any atom is -0.493 e. The molecule has 1 saturated heterocycles. The first-order valence-corrected chi connectivity index (χ1v) is 13.3. The van der Waals surface area contributed by atoms with Crippen LogP contribution in [0.25, 0.3) is 0 Å². The number of methoxy groups -OCH3 is 2. The molecule has 184 valence electrons. The van der Waals surface area contributed by atoms with Crippen molar-refractivity contribution < 1.29 is 19.3 Å². The van der Waals surface area contributed by atoms with Crippen LogP contribution in [0.1, 0.15) is 71.9 Å². The predicted octanol–water partition coefficient (Wildman–Crippen LogP) is 4.67. The zero-order chi connectivity index (χ0) is 24.0. The fourth-order valence-corrected chi connectivity index (χ4v) is 9.96. The van der Waals surface area contributed by atoms with Crippen LogP contribution in [0.2, 0.25) is 0 Å². The number of hydrogen-bond acceptors (Lipinski definition) is 6. The van der Waals surface area contributed by atoms with Gasteiger partial charge >= 0.3 is 0 Å².